The molecule has 4 nitrogen and oxygen atoms in total. The fourth-order valence-corrected chi connectivity index (χ4v) is 3.90. The van der Waals surface area contributed by atoms with E-state index in [1.165, 1.54) is 0 Å². The molecule has 0 saturated heterocycles. The van der Waals surface area contributed by atoms with Gasteiger partial charge in [0.05, 0.1) is 11.1 Å². The summed E-state index contributed by atoms with van der Waals surface area (Å²) in [4.78, 5) is 12.9. The van der Waals surface area contributed by atoms with Gasteiger partial charge >= 0.3 is 0 Å². The number of allylic oxidation sites excluding steroid dienone is 1. The third-order valence-corrected chi connectivity index (χ3v) is 5.30. The van der Waals surface area contributed by atoms with Crippen molar-refractivity contribution in [2.45, 2.75) is 52.5 Å². The molecule has 0 aliphatic heterocycles. The third-order valence-electron chi connectivity index (χ3n) is 5.30. The standard InChI is InChI=1S/C23H27NO3/c1-13(2)17-10-9-14(3)11-18(17)21-19(25)12-15(4)20(22(21)26)23(27)24-16-7-5-6-8-16/h9-12,16,25-26H,1,5-8H2,2-4H3,(H,24,27). The molecule has 3 N–H and O–H groups in total. The minimum absolute atomic E-state index is 0.0458. The highest BCUT2D eigenvalue weighted by Crippen LogP contribution is 2.44. The molecule has 1 aliphatic carbocycles. The van der Waals surface area contributed by atoms with Gasteiger partial charge in [-0.2, -0.15) is 0 Å². The number of hydrogen-bond donors (Lipinski definition) is 3. The lowest BCUT2D eigenvalue weighted by Crippen LogP contribution is -2.33. The van der Waals surface area contributed by atoms with Crippen molar-refractivity contribution >= 4 is 11.5 Å². The first-order valence-electron chi connectivity index (χ1n) is 9.43. The number of benzene rings is 2. The number of hydrogen-bond acceptors (Lipinski definition) is 3. The Hall–Kier alpha value is -2.75. The Balaban J connectivity index is 2.14. The first kappa shape index (κ1) is 19.0. The highest BCUT2D eigenvalue weighted by molar-refractivity contribution is 6.02. The van der Waals surface area contributed by atoms with Gasteiger partial charge in [-0.1, -0.05) is 48.8 Å². The van der Waals surface area contributed by atoms with Crippen LogP contribution in [0.4, 0.5) is 0 Å². The van der Waals surface area contributed by atoms with Crippen LogP contribution in [-0.4, -0.2) is 22.2 Å². The lowest BCUT2D eigenvalue weighted by atomic mass is 9.90. The van der Waals surface area contributed by atoms with Crippen molar-refractivity contribution in [2.75, 3.05) is 0 Å². The zero-order valence-electron chi connectivity index (χ0n) is 16.2. The van der Waals surface area contributed by atoms with Gasteiger partial charge in [0.25, 0.3) is 5.91 Å². The summed E-state index contributed by atoms with van der Waals surface area (Å²) in [6.07, 6.45) is 4.16. The fraction of sp³-hybridized carbons (Fsp3) is 0.348. The van der Waals surface area contributed by atoms with E-state index in [2.05, 4.69) is 11.9 Å². The van der Waals surface area contributed by atoms with E-state index in [9.17, 15) is 15.0 Å². The van der Waals surface area contributed by atoms with Crippen LogP contribution < -0.4 is 5.32 Å². The topological polar surface area (TPSA) is 69.6 Å². The minimum atomic E-state index is -0.289. The van der Waals surface area contributed by atoms with Crippen molar-refractivity contribution in [1.29, 1.82) is 0 Å². The minimum Gasteiger partial charge on any atom is -0.507 e. The van der Waals surface area contributed by atoms with Crippen LogP contribution >= 0.6 is 0 Å². The van der Waals surface area contributed by atoms with Crippen molar-refractivity contribution < 1.29 is 15.0 Å². The maximum Gasteiger partial charge on any atom is 0.255 e. The van der Waals surface area contributed by atoms with Gasteiger partial charge in [-0.15, -0.1) is 0 Å². The SMILES string of the molecule is C=C(C)c1ccc(C)cc1-c1c(O)cc(C)c(C(=O)NC2CCCC2)c1O. The van der Waals surface area contributed by atoms with Gasteiger partial charge in [0.2, 0.25) is 0 Å². The van der Waals surface area contributed by atoms with Gasteiger partial charge in [0.15, 0.2) is 0 Å². The molecule has 0 aromatic heterocycles. The Kier molecular flexibility index (Phi) is 5.26. The Bertz CT molecular complexity index is 908. The number of nitrogens with one attached hydrogen (secondary N) is 1. The molecular weight excluding hydrogens is 338 g/mol. The van der Waals surface area contributed by atoms with E-state index in [0.717, 1.165) is 42.4 Å². The number of carbonyl (C=O) groups excluding carboxylic acids is 1. The van der Waals surface area contributed by atoms with Crippen LogP contribution in [-0.2, 0) is 0 Å². The molecule has 1 fully saturated rings. The van der Waals surface area contributed by atoms with Gasteiger partial charge in [-0.3, -0.25) is 4.79 Å². The predicted octanol–water partition coefficient (Wildman–Crippen LogP) is 5.09. The predicted molar refractivity (Wildman–Crippen MR) is 109 cm³/mol. The molecule has 2 aromatic carbocycles. The number of aromatic hydroxyl groups is 2. The first-order chi connectivity index (χ1) is 12.8. The summed E-state index contributed by atoms with van der Waals surface area (Å²) in [5.74, 6) is -0.519. The average Bonchev–Trinajstić information content (AvgIpc) is 3.07. The number of phenolic OH excluding ortho intramolecular Hbond substituents is 2. The molecule has 1 aliphatic rings. The molecule has 1 saturated carbocycles. The Labute approximate surface area is 160 Å². The number of carbonyl (C=O) groups is 1. The van der Waals surface area contributed by atoms with Crippen LogP contribution in [0.5, 0.6) is 11.5 Å². The smallest absolute Gasteiger partial charge is 0.255 e. The molecule has 142 valence electrons. The zero-order chi connectivity index (χ0) is 19.7. The van der Waals surface area contributed by atoms with Crippen molar-refractivity contribution in [1.82, 2.24) is 5.32 Å². The number of phenols is 2. The lowest BCUT2D eigenvalue weighted by Gasteiger charge is -2.19. The van der Waals surface area contributed by atoms with Crippen molar-refractivity contribution in [2.24, 2.45) is 0 Å². The maximum absolute atomic E-state index is 12.9. The van der Waals surface area contributed by atoms with Crippen LogP contribution in [0, 0.1) is 13.8 Å². The summed E-state index contributed by atoms with van der Waals surface area (Å²) < 4.78 is 0. The van der Waals surface area contributed by atoms with Crippen LogP contribution in [0.3, 0.4) is 0 Å². The van der Waals surface area contributed by atoms with E-state index in [-0.39, 0.29) is 34.6 Å². The Morgan fingerprint density at radius 1 is 1.15 bits per heavy atom. The number of amides is 1. The van der Waals surface area contributed by atoms with E-state index in [1.54, 1.807) is 13.0 Å². The second-order valence-corrected chi connectivity index (χ2v) is 7.60. The molecular formula is C23H27NO3. The lowest BCUT2D eigenvalue weighted by molar-refractivity contribution is 0.0934. The zero-order valence-corrected chi connectivity index (χ0v) is 16.2. The van der Waals surface area contributed by atoms with E-state index < -0.39 is 0 Å². The second-order valence-electron chi connectivity index (χ2n) is 7.60. The molecule has 3 rings (SSSR count). The van der Waals surface area contributed by atoms with Gasteiger partial charge in [0.1, 0.15) is 11.5 Å². The maximum atomic E-state index is 12.9. The van der Waals surface area contributed by atoms with Crippen LogP contribution in [0.2, 0.25) is 0 Å². The van der Waals surface area contributed by atoms with Crippen LogP contribution in [0.15, 0.2) is 30.8 Å². The molecule has 0 heterocycles. The highest BCUT2D eigenvalue weighted by Gasteiger charge is 2.26. The first-order valence-corrected chi connectivity index (χ1v) is 9.43. The Morgan fingerprint density at radius 3 is 2.44 bits per heavy atom. The van der Waals surface area contributed by atoms with Crippen molar-refractivity contribution in [3.05, 3.63) is 53.1 Å². The summed E-state index contributed by atoms with van der Waals surface area (Å²) in [6.45, 7) is 9.55. The second kappa shape index (κ2) is 7.47. The molecule has 0 unspecified atom stereocenters. The molecule has 1 amide bonds. The molecule has 0 atom stereocenters. The van der Waals surface area contributed by atoms with E-state index >= 15 is 0 Å². The Morgan fingerprint density at radius 2 is 1.81 bits per heavy atom. The normalized spacial score (nSPS) is 14.3. The molecule has 4 heteroatoms. The summed E-state index contributed by atoms with van der Waals surface area (Å²) in [7, 11) is 0. The fourth-order valence-electron chi connectivity index (χ4n) is 3.90. The van der Waals surface area contributed by atoms with Crippen molar-refractivity contribution in [3.63, 3.8) is 0 Å². The summed E-state index contributed by atoms with van der Waals surface area (Å²) in [5, 5.41) is 24.6. The molecule has 2 aromatic rings. The number of aryl methyl sites for hydroxylation is 2. The summed E-state index contributed by atoms with van der Waals surface area (Å²) in [5.41, 5.74) is 4.37. The van der Waals surface area contributed by atoms with E-state index in [0.29, 0.717) is 11.1 Å². The largest absolute Gasteiger partial charge is 0.507 e. The van der Waals surface area contributed by atoms with Gasteiger partial charge < -0.3 is 15.5 Å². The molecule has 0 radical (unpaired) electrons. The van der Waals surface area contributed by atoms with E-state index in [1.807, 2.05) is 32.0 Å². The average molecular weight is 365 g/mol. The monoisotopic (exact) mass is 365 g/mol. The highest BCUT2D eigenvalue weighted by atomic mass is 16.3. The third kappa shape index (κ3) is 3.70. The van der Waals surface area contributed by atoms with Crippen LogP contribution in [0.1, 0.15) is 59.7 Å². The van der Waals surface area contributed by atoms with Crippen LogP contribution in [0.25, 0.3) is 16.7 Å². The van der Waals surface area contributed by atoms with Gasteiger partial charge in [-0.25, -0.2) is 0 Å². The summed E-state index contributed by atoms with van der Waals surface area (Å²) >= 11 is 0. The molecule has 27 heavy (non-hydrogen) atoms. The van der Waals surface area contributed by atoms with E-state index in [4.69, 9.17) is 0 Å². The quantitative estimate of drug-likeness (QED) is 0.707. The summed E-state index contributed by atoms with van der Waals surface area (Å²) in [6, 6.07) is 7.47. The van der Waals surface area contributed by atoms with Gasteiger partial charge in [0, 0.05) is 6.04 Å². The molecule has 0 spiro atoms. The number of rotatable bonds is 4. The molecule has 0 bridgehead atoms. The van der Waals surface area contributed by atoms with Crippen molar-refractivity contribution in [3.8, 4) is 22.6 Å². The van der Waals surface area contributed by atoms with Gasteiger partial charge in [-0.05, 0) is 56.4 Å².